The molecule has 1 saturated heterocycles. The van der Waals surface area contributed by atoms with Gasteiger partial charge in [-0.15, -0.1) is 0 Å². The number of carbonyl (C=O) groups is 1. The van der Waals surface area contributed by atoms with E-state index in [1.54, 1.807) is 55.5 Å². The second-order valence-corrected chi connectivity index (χ2v) is 10.3. The highest BCUT2D eigenvalue weighted by Crippen LogP contribution is 2.26. The van der Waals surface area contributed by atoms with E-state index in [1.165, 1.54) is 9.99 Å². The van der Waals surface area contributed by atoms with Crippen LogP contribution in [0.1, 0.15) is 12.5 Å². The number of ether oxygens (including phenoxy) is 1. The molecule has 184 valence electrons. The Kier molecular flexibility index (Phi) is 7.60. The van der Waals surface area contributed by atoms with Gasteiger partial charge in [-0.25, -0.2) is 8.42 Å². The van der Waals surface area contributed by atoms with Gasteiger partial charge in [0, 0.05) is 38.4 Å². The number of amides is 1. The van der Waals surface area contributed by atoms with Crippen LogP contribution in [0.15, 0.2) is 83.8 Å². The van der Waals surface area contributed by atoms with Crippen molar-refractivity contribution in [3.05, 3.63) is 84.4 Å². The van der Waals surface area contributed by atoms with Crippen molar-refractivity contribution in [2.24, 2.45) is 0 Å². The number of rotatable bonds is 8. The Hall–Kier alpha value is -3.52. The molecule has 3 aromatic rings. The monoisotopic (exact) mass is 493 g/mol. The summed E-state index contributed by atoms with van der Waals surface area (Å²) in [5, 5.41) is 0. The summed E-state index contributed by atoms with van der Waals surface area (Å²) in [6, 6.07) is 23.8. The average molecular weight is 494 g/mol. The zero-order valence-corrected chi connectivity index (χ0v) is 20.9. The van der Waals surface area contributed by atoms with Gasteiger partial charge < -0.3 is 14.5 Å². The Labute approximate surface area is 207 Å². The number of nitrogens with zero attached hydrogens (tertiary/aromatic N) is 3. The van der Waals surface area contributed by atoms with Gasteiger partial charge in [0.25, 0.3) is 15.9 Å². The summed E-state index contributed by atoms with van der Waals surface area (Å²) in [7, 11) is -3.67. The minimum Gasteiger partial charge on any atom is -0.484 e. The van der Waals surface area contributed by atoms with Crippen molar-refractivity contribution in [3.63, 3.8) is 0 Å². The SMILES string of the molecule is CCN(c1ccc(OCC(=O)N2CCN(c3ccccc3)CC2)cc1)S(=O)(=O)c1ccc(C)cc1. The van der Waals surface area contributed by atoms with Gasteiger partial charge in [-0.05, 0) is 62.4 Å². The largest absolute Gasteiger partial charge is 0.484 e. The number of aryl methyl sites for hydroxylation is 1. The molecule has 8 heteroatoms. The van der Waals surface area contributed by atoms with E-state index in [0.29, 0.717) is 31.1 Å². The molecule has 0 bridgehead atoms. The van der Waals surface area contributed by atoms with Crippen LogP contribution in [0.2, 0.25) is 0 Å². The molecule has 1 aliphatic heterocycles. The minimum atomic E-state index is -3.67. The number of piperazine rings is 1. The van der Waals surface area contributed by atoms with Crippen LogP contribution in [0.4, 0.5) is 11.4 Å². The molecule has 1 fully saturated rings. The van der Waals surface area contributed by atoms with E-state index in [-0.39, 0.29) is 17.4 Å². The number of anilines is 2. The van der Waals surface area contributed by atoms with Crippen LogP contribution in [-0.4, -0.2) is 58.6 Å². The third kappa shape index (κ3) is 5.77. The minimum absolute atomic E-state index is 0.0517. The zero-order valence-electron chi connectivity index (χ0n) is 20.1. The van der Waals surface area contributed by atoms with Crippen molar-refractivity contribution < 1.29 is 17.9 Å². The number of benzene rings is 3. The third-order valence-electron chi connectivity index (χ3n) is 6.14. The van der Waals surface area contributed by atoms with Crippen molar-refractivity contribution in [1.82, 2.24) is 4.90 Å². The lowest BCUT2D eigenvalue weighted by molar-refractivity contribution is -0.133. The second-order valence-electron chi connectivity index (χ2n) is 8.47. The molecule has 0 saturated carbocycles. The first-order chi connectivity index (χ1) is 16.9. The van der Waals surface area contributed by atoms with Crippen molar-refractivity contribution in [2.75, 3.05) is 48.5 Å². The summed E-state index contributed by atoms with van der Waals surface area (Å²) in [5.74, 6) is 0.465. The molecule has 7 nitrogen and oxygen atoms in total. The summed E-state index contributed by atoms with van der Waals surface area (Å²) in [5.41, 5.74) is 2.71. The molecule has 3 aromatic carbocycles. The number of para-hydroxylation sites is 1. The summed E-state index contributed by atoms with van der Waals surface area (Å²) < 4.78 is 33.3. The van der Waals surface area contributed by atoms with Crippen molar-refractivity contribution in [3.8, 4) is 5.75 Å². The Morgan fingerprint density at radius 2 is 1.51 bits per heavy atom. The molecule has 1 amide bonds. The standard InChI is InChI=1S/C27H31N3O4S/c1-3-30(35(32,33)26-15-9-22(2)10-16-26)24-11-13-25(14-12-24)34-21-27(31)29-19-17-28(18-20-29)23-7-5-4-6-8-23/h4-16H,3,17-21H2,1-2H3. The summed E-state index contributed by atoms with van der Waals surface area (Å²) >= 11 is 0. The van der Waals surface area contributed by atoms with E-state index in [2.05, 4.69) is 17.0 Å². The predicted octanol–water partition coefficient (Wildman–Crippen LogP) is 3.94. The molecule has 0 spiro atoms. The van der Waals surface area contributed by atoms with Crippen LogP contribution in [0.5, 0.6) is 5.75 Å². The van der Waals surface area contributed by atoms with E-state index in [1.807, 2.05) is 30.0 Å². The fourth-order valence-corrected chi connectivity index (χ4v) is 5.60. The summed E-state index contributed by atoms with van der Waals surface area (Å²) in [4.78, 5) is 17.0. The average Bonchev–Trinajstić information content (AvgIpc) is 2.89. The first-order valence-corrected chi connectivity index (χ1v) is 13.2. The zero-order chi connectivity index (χ0) is 24.8. The second kappa shape index (κ2) is 10.8. The highest BCUT2D eigenvalue weighted by molar-refractivity contribution is 7.92. The predicted molar refractivity (Wildman–Crippen MR) is 139 cm³/mol. The first kappa shape index (κ1) is 24.6. The molecular formula is C27H31N3O4S. The molecule has 35 heavy (non-hydrogen) atoms. The van der Waals surface area contributed by atoms with E-state index in [0.717, 1.165) is 18.7 Å². The molecule has 0 aromatic heterocycles. The lowest BCUT2D eigenvalue weighted by atomic mass is 10.2. The normalized spacial score (nSPS) is 14.0. The molecule has 1 heterocycles. The van der Waals surface area contributed by atoms with Crippen molar-refractivity contribution >= 4 is 27.3 Å². The van der Waals surface area contributed by atoms with Gasteiger partial charge in [0.2, 0.25) is 0 Å². The van der Waals surface area contributed by atoms with Crippen LogP contribution >= 0.6 is 0 Å². The van der Waals surface area contributed by atoms with Gasteiger partial charge >= 0.3 is 0 Å². The maximum absolute atomic E-state index is 13.1. The van der Waals surface area contributed by atoms with Crippen LogP contribution < -0.4 is 13.9 Å². The quantitative estimate of drug-likeness (QED) is 0.476. The van der Waals surface area contributed by atoms with Gasteiger partial charge in [0.1, 0.15) is 5.75 Å². The Balaban J connectivity index is 1.32. The van der Waals surface area contributed by atoms with Crippen LogP contribution in [0, 0.1) is 6.92 Å². The van der Waals surface area contributed by atoms with E-state index in [4.69, 9.17) is 4.74 Å². The maximum Gasteiger partial charge on any atom is 0.264 e. The highest BCUT2D eigenvalue weighted by Gasteiger charge is 2.24. The number of hydrogen-bond acceptors (Lipinski definition) is 5. The van der Waals surface area contributed by atoms with Crippen LogP contribution in [0.25, 0.3) is 0 Å². The molecule has 1 aliphatic rings. The van der Waals surface area contributed by atoms with Crippen LogP contribution in [-0.2, 0) is 14.8 Å². The number of hydrogen-bond donors (Lipinski definition) is 0. The molecule has 0 N–H and O–H groups in total. The Morgan fingerprint density at radius 3 is 2.11 bits per heavy atom. The summed E-state index contributed by atoms with van der Waals surface area (Å²) in [6.45, 7) is 6.83. The summed E-state index contributed by atoms with van der Waals surface area (Å²) in [6.07, 6.45) is 0. The van der Waals surface area contributed by atoms with Crippen molar-refractivity contribution in [2.45, 2.75) is 18.7 Å². The molecule has 0 radical (unpaired) electrons. The van der Waals surface area contributed by atoms with Crippen molar-refractivity contribution in [1.29, 1.82) is 0 Å². The van der Waals surface area contributed by atoms with E-state index < -0.39 is 10.0 Å². The van der Waals surface area contributed by atoms with Gasteiger partial charge in [0.05, 0.1) is 10.6 Å². The van der Waals surface area contributed by atoms with Crippen LogP contribution in [0.3, 0.4) is 0 Å². The topological polar surface area (TPSA) is 70.2 Å². The molecule has 0 atom stereocenters. The van der Waals surface area contributed by atoms with E-state index in [9.17, 15) is 13.2 Å². The number of sulfonamides is 1. The Bertz CT molecular complexity index is 1220. The number of carbonyl (C=O) groups excluding carboxylic acids is 1. The lowest BCUT2D eigenvalue weighted by Gasteiger charge is -2.36. The lowest BCUT2D eigenvalue weighted by Crippen LogP contribution is -2.50. The van der Waals surface area contributed by atoms with E-state index >= 15 is 0 Å². The third-order valence-corrected chi connectivity index (χ3v) is 8.05. The fraction of sp³-hybridized carbons (Fsp3) is 0.296. The van der Waals surface area contributed by atoms with Gasteiger partial charge in [-0.1, -0.05) is 35.9 Å². The first-order valence-electron chi connectivity index (χ1n) is 11.8. The van der Waals surface area contributed by atoms with Gasteiger partial charge in [-0.2, -0.15) is 0 Å². The molecule has 0 unspecified atom stereocenters. The van der Waals surface area contributed by atoms with Gasteiger partial charge in [-0.3, -0.25) is 9.10 Å². The molecule has 4 rings (SSSR count). The molecule has 0 aliphatic carbocycles. The smallest absolute Gasteiger partial charge is 0.264 e. The molecular weight excluding hydrogens is 462 g/mol. The fourth-order valence-electron chi connectivity index (χ4n) is 4.13. The highest BCUT2D eigenvalue weighted by atomic mass is 32.2. The maximum atomic E-state index is 13.1. The Morgan fingerprint density at radius 1 is 0.886 bits per heavy atom. The van der Waals surface area contributed by atoms with Gasteiger partial charge in [0.15, 0.2) is 6.61 Å².